The Morgan fingerprint density at radius 2 is 1.58 bits per heavy atom. The Morgan fingerprint density at radius 3 is 2.04 bits per heavy atom. The summed E-state index contributed by atoms with van der Waals surface area (Å²) in [4.78, 5) is 23.8. The smallest absolute Gasteiger partial charge is 0.265 e. The molecule has 0 unspecified atom stereocenters. The normalized spacial score (nSPS) is 11.2. The topological polar surface area (TPSA) is 104 Å². The summed E-state index contributed by atoms with van der Waals surface area (Å²) in [6.07, 6.45) is 1.23. The fourth-order valence-corrected chi connectivity index (χ4v) is 2.50. The molecular weight excluding hydrogens is 330 g/mol. The summed E-state index contributed by atoms with van der Waals surface area (Å²) >= 11 is 0. The van der Waals surface area contributed by atoms with E-state index in [0.29, 0.717) is 5.56 Å². The van der Waals surface area contributed by atoms with E-state index < -0.39 is 17.9 Å². The Labute approximate surface area is 154 Å². The van der Waals surface area contributed by atoms with Crippen molar-refractivity contribution in [1.82, 2.24) is 10.8 Å². The summed E-state index contributed by atoms with van der Waals surface area (Å²) in [6.45, 7) is 2.32. The third-order valence-electron chi connectivity index (χ3n) is 4.03. The number of carbonyl (C=O) groups excluding carboxylic acids is 2. The predicted octanol–water partition coefficient (Wildman–Crippen LogP) is 2.50. The highest BCUT2D eigenvalue weighted by Crippen LogP contribution is 2.20. The van der Waals surface area contributed by atoms with Gasteiger partial charge in [-0.1, -0.05) is 50.7 Å². The molecule has 0 radical (unpaired) electrons. The van der Waals surface area contributed by atoms with Crippen LogP contribution in [-0.2, 0) is 11.2 Å². The summed E-state index contributed by atoms with van der Waals surface area (Å²) < 4.78 is 0. The average molecular weight is 357 g/mol. The summed E-state index contributed by atoms with van der Waals surface area (Å²) in [5.74, 6) is -1.08. The van der Waals surface area contributed by atoms with Gasteiger partial charge in [0, 0.05) is 5.56 Å². The number of nitrogens with two attached hydrogens (primary N) is 1. The van der Waals surface area contributed by atoms with Gasteiger partial charge in [0.25, 0.3) is 11.8 Å². The SMILES string of the molecule is C.CCc1ccc(-c2ccc(C(=O)N[C@@H](CCN)C(=O)NO)cc2)cc1. The maximum Gasteiger partial charge on any atom is 0.265 e. The molecule has 0 saturated heterocycles. The number of amides is 2. The van der Waals surface area contributed by atoms with Crippen molar-refractivity contribution in [3.05, 3.63) is 59.7 Å². The fourth-order valence-electron chi connectivity index (χ4n) is 2.50. The second-order valence-electron chi connectivity index (χ2n) is 5.71. The first-order chi connectivity index (χ1) is 12.1. The average Bonchev–Trinajstić information content (AvgIpc) is 2.67. The molecule has 26 heavy (non-hydrogen) atoms. The molecule has 2 aromatic rings. The Balaban J connectivity index is 0.00000338. The second-order valence-corrected chi connectivity index (χ2v) is 5.71. The van der Waals surface area contributed by atoms with Crippen molar-refractivity contribution in [2.24, 2.45) is 5.73 Å². The van der Waals surface area contributed by atoms with Crippen LogP contribution in [0.25, 0.3) is 11.1 Å². The van der Waals surface area contributed by atoms with E-state index in [1.165, 1.54) is 11.0 Å². The summed E-state index contributed by atoms with van der Waals surface area (Å²) in [7, 11) is 0. The summed E-state index contributed by atoms with van der Waals surface area (Å²) in [5, 5.41) is 11.3. The highest BCUT2D eigenvalue weighted by atomic mass is 16.5. The van der Waals surface area contributed by atoms with Gasteiger partial charge in [0.05, 0.1) is 0 Å². The summed E-state index contributed by atoms with van der Waals surface area (Å²) in [5.41, 5.74) is 10.7. The zero-order chi connectivity index (χ0) is 18.2. The molecule has 0 heterocycles. The molecular formula is C20H27N3O3. The highest BCUT2D eigenvalue weighted by molar-refractivity contribution is 5.97. The lowest BCUT2D eigenvalue weighted by Gasteiger charge is -2.16. The van der Waals surface area contributed by atoms with Crippen LogP contribution < -0.4 is 16.5 Å². The van der Waals surface area contributed by atoms with Crippen molar-refractivity contribution < 1.29 is 14.8 Å². The monoisotopic (exact) mass is 357 g/mol. The molecule has 0 fully saturated rings. The first kappa shape index (κ1) is 21.3. The minimum atomic E-state index is -0.872. The number of hydroxylamine groups is 1. The van der Waals surface area contributed by atoms with Gasteiger partial charge in [-0.05, 0) is 48.2 Å². The number of hydrogen-bond donors (Lipinski definition) is 4. The third-order valence-corrected chi connectivity index (χ3v) is 4.03. The molecule has 140 valence electrons. The van der Waals surface area contributed by atoms with Crippen LogP contribution in [0.1, 0.15) is 36.7 Å². The number of hydrogen-bond acceptors (Lipinski definition) is 4. The van der Waals surface area contributed by atoms with Crippen LogP contribution >= 0.6 is 0 Å². The van der Waals surface area contributed by atoms with E-state index in [1.807, 2.05) is 12.1 Å². The van der Waals surface area contributed by atoms with Gasteiger partial charge < -0.3 is 11.1 Å². The molecule has 2 aromatic carbocycles. The molecule has 0 spiro atoms. The van der Waals surface area contributed by atoms with Crippen LogP contribution in [0.3, 0.4) is 0 Å². The van der Waals surface area contributed by atoms with E-state index in [-0.39, 0.29) is 20.4 Å². The minimum Gasteiger partial charge on any atom is -0.340 e. The van der Waals surface area contributed by atoms with Crippen LogP contribution in [0.5, 0.6) is 0 Å². The van der Waals surface area contributed by atoms with E-state index in [0.717, 1.165) is 17.5 Å². The van der Waals surface area contributed by atoms with E-state index in [1.54, 1.807) is 12.1 Å². The van der Waals surface area contributed by atoms with Crippen LogP contribution in [0.15, 0.2) is 48.5 Å². The maximum absolute atomic E-state index is 12.3. The third kappa shape index (κ3) is 5.40. The lowest BCUT2D eigenvalue weighted by Crippen LogP contribution is -2.46. The molecule has 0 aromatic heterocycles. The van der Waals surface area contributed by atoms with Gasteiger partial charge in [0.1, 0.15) is 6.04 Å². The van der Waals surface area contributed by atoms with Gasteiger partial charge in [-0.3, -0.25) is 14.8 Å². The lowest BCUT2D eigenvalue weighted by molar-refractivity contribution is -0.131. The van der Waals surface area contributed by atoms with E-state index in [9.17, 15) is 9.59 Å². The quantitative estimate of drug-likeness (QED) is 0.451. The number of rotatable bonds is 7. The summed E-state index contributed by atoms with van der Waals surface area (Å²) in [6, 6.07) is 14.5. The van der Waals surface area contributed by atoms with Crippen LogP contribution in [0, 0.1) is 0 Å². The standard InChI is InChI=1S/C19H23N3O3.CH4/c1-2-13-3-5-14(6-4-13)15-7-9-16(10-8-15)18(23)21-17(11-12-20)19(24)22-25;/h3-10,17,25H,2,11-12,20H2,1H3,(H,21,23)(H,22,24);1H4/t17-;/m0./s1. The van der Waals surface area contributed by atoms with Gasteiger partial charge >= 0.3 is 0 Å². The van der Waals surface area contributed by atoms with Crippen LogP contribution in [0.4, 0.5) is 0 Å². The van der Waals surface area contributed by atoms with Crippen molar-refractivity contribution in [2.45, 2.75) is 33.2 Å². The molecule has 0 aliphatic carbocycles. The largest absolute Gasteiger partial charge is 0.340 e. The zero-order valence-corrected chi connectivity index (χ0v) is 14.2. The molecule has 0 bridgehead atoms. The second kappa shape index (κ2) is 10.3. The highest BCUT2D eigenvalue weighted by Gasteiger charge is 2.20. The Morgan fingerprint density at radius 1 is 1.04 bits per heavy atom. The van der Waals surface area contributed by atoms with Gasteiger partial charge in [0.2, 0.25) is 0 Å². The molecule has 2 amide bonds. The van der Waals surface area contributed by atoms with Crippen LogP contribution in [0.2, 0.25) is 0 Å². The first-order valence-electron chi connectivity index (χ1n) is 8.23. The Bertz CT molecular complexity index is 712. The molecule has 0 aliphatic rings. The molecule has 2 rings (SSSR count). The van der Waals surface area contributed by atoms with Crippen molar-refractivity contribution in [3.63, 3.8) is 0 Å². The van der Waals surface area contributed by atoms with E-state index in [4.69, 9.17) is 10.9 Å². The lowest BCUT2D eigenvalue weighted by atomic mass is 10.0. The van der Waals surface area contributed by atoms with Crippen molar-refractivity contribution in [3.8, 4) is 11.1 Å². The molecule has 6 nitrogen and oxygen atoms in total. The molecule has 6 heteroatoms. The Kier molecular flexibility index (Phi) is 8.48. The van der Waals surface area contributed by atoms with Crippen molar-refractivity contribution >= 4 is 11.8 Å². The number of benzene rings is 2. The number of carbonyl (C=O) groups is 2. The molecule has 5 N–H and O–H groups in total. The van der Waals surface area contributed by atoms with Gasteiger partial charge in [-0.25, -0.2) is 5.48 Å². The van der Waals surface area contributed by atoms with E-state index in [2.05, 4.69) is 36.5 Å². The van der Waals surface area contributed by atoms with Crippen molar-refractivity contribution in [2.75, 3.05) is 6.54 Å². The van der Waals surface area contributed by atoms with Gasteiger partial charge in [-0.2, -0.15) is 0 Å². The fraction of sp³-hybridized carbons (Fsp3) is 0.300. The number of nitrogens with one attached hydrogen (secondary N) is 2. The zero-order valence-electron chi connectivity index (χ0n) is 14.2. The first-order valence-corrected chi connectivity index (χ1v) is 8.23. The number of aryl methyl sites for hydroxylation is 1. The molecule has 0 aliphatic heterocycles. The van der Waals surface area contributed by atoms with Gasteiger partial charge in [0.15, 0.2) is 0 Å². The minimum absolute atomic E-state index is 0. The molecule has 1 atom stereocenters. The molecule has 0 saturated carbocycles. The predicted molar refractivity (Wildman–Crippen MR) is 103 cm³/mol. The van der Waals surface area contributed by atoms with E-state index >= 15 is 0 Å². The van der Waals surface area contributed by atoms with Gasteiger partial charge in [-0.15, -0.1) is 0 Å². The Hall–Kier alpha value is -2.70. The maximum atomic E-state index is 12.3. The van der Waals surface area contributed by atoms with Crippen LogP contribution in [-0.4, -0.2) is 29.6 Å². The van der Waals surface area contributed by atoms with Crippen molar-refractivity contribution in [1.29, 1.82) is 0 Å².